The first kappa shape index (κ1) is 12.2. The van der Waals surface area contributed by atoms with Crippen molar-refractivity contribution >= 4 is 5.84 Å². The molecule has 0 atom stereocenters. The lowest BCUT2D eigenvalue weighted by atomic mass is 10.1. The fourth-order valence-corrected chi connectivity index (χ4v) is 1.93. The molecule has 0 saturated heterocycles. The van der Waals surface area contributed by atoms with Crippen LogP contribution in [0, 0.1) is 13.8 Å². The molecule has 2 rings (SSSR count). The zero-order valence-corrected chi connectivity index (χ0v) is 10.6. The molecule has 0 radical (unpaired) electrons. The van der Waals surface area contributed by atoms with Gasteiger partial charge in [0.1, 0.15) is 0 Å². The molecule has 0 saturated carbocycles. The molecule has 0 spiro atoms. The van der Waals surface area contributed by atoms with Crippen LogP contribution in [-0.2, 0) is 6.54 Å². The lowest BCUT2D eigenvalue weighted by molar-refractivity contribution is 0.318. The van der Waals surface area contributed by atoms with E-state index < -0.39 is 0 Å². The van der Waals surface area contributed by atoms with E-state index in [0.29, 0.717) is 6.54 Å². The normalized spacial score (nSPS) is 11.8. The highest BCUT2D eigenvalue weighted by Crippen LogP contribution is 2.12. The summed E-state index contributed by atoms with van der Waals surface area (Å²) in [6.45, 7) is 4.90. The maximum absolute atomic E-state index is 8.73. The number of aryl methyl sites for hydroxylation is 2. The van der Waals surface area contributed by atoms with E-state index in [9.17, 15) is 0 Å². The maximum atomic E-state index is 8.73. The van der Waals surface area contributed by atoms with E-state index in [0.717, 1.165) is 5.69 Å². The quantitative estimate of drug-likeness (QED) is 0.376. The Hall–Kier alpha value is -2.23. The standard InChI is InChI=1S/C14H17N3O/c1-10-5-6-12(8-11(10)2)9-17-7-3-4-13(17)14(15)16-18/h3-8,18H,9H2,1-2H3,(H2,15,16). The average Bonchev–Trinajstić information content (AvgIpc) is 2.81. The van der Waals surface area contributed by atoms with Crippen LogP contribution in [0.2, 0.25) is 0 Å². The van der Waals surface area contributed by atoms with E-state index in [1.54, 1.807) is 0 Å². The van der Waals surface area contributed by atoms with Gasteiger partial charge in [0.25, 0.3) is 0 Å². The lowest BCUT2D eigenvalue weighted by Crippen LogP contribution is -2.18. The van der Waals surface area contributed by atoms with Crippen LogP contribution in [0.25, 0.3) is 0 Å². The Morgan fingerprint density at radius 2 is 2.06 bits per heavy atom. The Morgan fingerprint density at radius 3 is 2.72 bits per heavy atom. The SMILES string of the molecule is Cc1ccc(Cn2cccc2/C(N)=N/O)cc1C. The Balaban J connectivity index is 2.29. The molecule has 2 aromatic rings. The van der Waals surface area contributed by atoms with Gasteiger partial charge in [-0.25, -0.2) is 0 Å². The van der Waals surface area contributed by atoms with Crippen molar-refractivity contribution in [3.63, 3.8) is 0 Å². The molecule has 4 nitrogen and oxygen atoms in total. The van der Waals surface area contributed by atoms with E-state index in [1.165, 1.54) is 16.7 Å². The molecule has 0 unspecified atom stereocenters. The molecule has 94 valence electrons. The van der Waals surface area contributed by atoms with Crippen molar-refractivity contribution in [3.8, 4) is 0 Å². The number of nitrogens with zero attached hydrogens (tertiary/aromatic N) is 2. The Morgan fingerprint density at radius 1 is 1.28 bits per heavy atom. The summed E-state index contributed by atoms with van der Waals surface area (Å²) in [6, 6.07) is 10.1. The molecular weight excluding hydrogens is 226 g/mol. The first-order valence-electron chi connectivity index (χ1n) is 5.81. The smallest absolute Gasteiger partial charge is 0.186 e. The zero-order valence-electron chi connectivity index (χ0n) is 10.6. The molecule has 18 heavy (non-hydrogen) atoms. The van der Waals surface area contributed by atoms with Gasteiger partial charge in [-0.1, -0.05) is 23.4 Å². The second-order valence-electron chi connectivity index (χ2n) is 4.43. The van der Waals surface area contributed by atoms with E-state index in [2.05, 4.69) is 37.2 Å². The van der Waals surface area contributed by atoms with Crippen molar-refractivity contribution in [1.82, 2.24) is 4.57 Å². The van der Waals surface area contributed by atoms with Crippen LogP contribution in [0.4, 0.5) is 0 Å². The van der Waals surface area contributed by atoms with Crippen LogP contribution in [0.5, 0.6) is 0 Å². The molecule has 1 aromatic carbocycles. The minimum absolute atomic E-state index is 0.129. The third-order valence-corrected chi connectivity index (χ3v) is 3.12. The Kier molecular flexibility index (Phi) is 3.37. The van der Waals surface area contributed by atoms with Crippen molar-refractivity contribution in [2.45, 2.75) is 20.4 Å². The van der Waals surface area contributed by atoms with Gasteiger partial charge in [0.15, 0.2) is 5.84 Å². The van der Waals surface area contributed by atoms with E-state index in [-0.39, 0.29) is 5.84 Å². The van der Waals surface area contributed by atoms with Gasteiger partial charge < -0.3 is 15.5 Å². The molecule has 0 aliphatic heterocycles. The largest absolute Gasteiger partial charge is 0.409 e. The van der Waals surface area contributed by atoms with E-state index in [1.807, 2.05) is 22.9 Å². The first-order valence-corrected chi connectivity index (χ1v) is 5.81. The Labute approximate surface area is 106 Å². The number of hydrogen-bond acceptors (Lipinski definition) is 2. The van der Waals surface area contributed by atoms with E-state index in [4.69, 9.17) is 10.9 Å². The molecule has 0 amide bonds. The fourth-order valence-electron chi connectivity index (χ4n) is 1.93. The summed E-state index contributed by atoms with van der Waals surface area (Å²) in [5.74, 6) is 0.129. The van der Waals surface area contributed by atoms with Crippen molar-refractivity contribution in [3.05, 3.63) is 58.9 Å². The van der Waals surface area contributed by atoms with Crippen LogP contribution in [0.15, 0.2) is 41.7 Å². The third-order valence-electron chi connectivity index (χ3n) is 3.12. The second kappa shape index (κ2) is 4.96. The molecule has 0 bridgehead atoms. The van der Waals surface area contributed by atoms with Crippen molar-refractivity contribution in [1.29, 1.82) is 0 Å². The minimum atomic E-state index is 0.129. The topological polar surface area (TPSA) is 63.5 Å². The van der Waals surface area contributed by atoms with Gasteiger partial charge in [-0.05, 0) is 42.7 Å². The number of hydrogen-bond donors (Lipinski definition) is 2. The first-order chi connectivity index (χ1) is 8.61. The summed E-state index contributed by atoms with van der Waals surface area (Å²) in [5.41, 5.74) is 10.1. The fraction of sp³-hybridized carbons (Fsp3) is 0.214. The molecule has 0 aliphatic rings. The molecule has 0 fully saturated rings. The summed E-state index contributed by atoms with van der Waals surface area (Å²) < 4.78 is 1.96. The molecule has 3 N–H and O–H groups in total. The highest BCUT2D eigenvalue weighted by molar-refractivity contribution is 5.95. The van der Waals surface area contributed by atoms with Crippen molar-refractivity contribution in [2.75, 3.05) is 0 Å². The van der Waals surface area contributed by atoms with Crippen LogP contribution in [0.1, 0.15) is 22.4 Å². The van der Waals surface area contributed by atoms with Gasteiger partial charge in [0, 0.05) is 12.7 Å². The number of oxime groups is 1. The van der Waals surface area contributed by atoms with Crippen LogP contribution >= 0.6 is 0 Å². The predicted molar refractivity (Wildman–Crippen MR) is 72.0 cm³/mol. The zero-order chi connectivity index (χ0) is 13.1. The molecule has 1 heterocycles. The van der Waals surface area contributed by atoms with Gasteiger partial charge in [0.05, 0.1) is 5.69 Å². The van der Waals surface area contributed by atoms with Gasteiger partial charge in [-0.15, -0.1) is 0 Å². The van der Waals surface area contributed by atoms with Crippen LogP contribution < -0.4 is 5.73 Å². The number of benzene rings is 1. The van der Waals surface area contributed by atoms with Gasteiger partial charge in [-0.3, -0.25) is 0 Å². The molecule has 1 aromatic heterocycles. The highest BCUT2D eigenvalue weighted by atomic mass is 16.4. The van der Waals surface area contributed by atoms with Crippen molar-refractivity contribution in [2.24, 2.45) is 10.9 Å². The number of rotatable bonds is 3. The average molecular weight is 243 g/mol. The van der Waals surface area contributed by atoms with E-state index >= 15 is 0 Å². The third kappa shape index (κ3) is 2.37. The number of nitrogens with two attached hydrogens (primary N) is 1. The molecule has 0 aliphatic carbocycles. The van der Waals surface area contributed by atoms with Crippen molar-refractivity contribution < 1.29 is 5.21 Å². The minimum Gasteiger partial charge on any atom is -0.409 e. The van der Waals surface area contributed by atoms with Crippen LogP contribution in [0.3, 0.4) is 0 Å². The Bertz CT molecular complexity index is 584. The lowest BCUT2D eigenvalue weighted by Gasteiger charge is -2.10. The monoisotopic (exact) mass is 243 g/mol. The van der Waals surface area contributed by atoms with Gasteiger partial charge in [-0.2, -0.15) is 0 Å². The van der Waals surface area contributed by atoms with Crippen LogP contribution in [-0.4, -0.2) is 15.6 Å². The summed E-state index contributed by atoms with van der Waals surface area (Å²) in [5, 5.41) is 11.8. The predicted octanol–water partition coefficient (Wildman–Crippen LogP) is 2.25. The number of aromatic nitrogens is 1. The summed E-state index contributed by atoms with van der Waals surface area (Å²) in [4.78, 5) is 0. The highest BCUT2D eigenvalue weighted by Gasteiger charge is 2.06. The molecular formula is C14H17N3O. The maximum Gasteiger partial charge on any atom is 0.186 e. The second-order valence-corrected chi connectivity index (χ2v) is 4.43. The summed E-state index contributed by atoms with van der Waals surface area (Å²) in [7, 11) is 0. The summed E-state index contributed by atoms with van der Waals surface area (Å²) >= 11 is 0. The van der Waals surface area contributed by atoms with Gasteiger partial charge >= 0.3 is 0 Å². The molecule has 4 heteroatoms. The summed E-state index contributed by atoms with van der Waals surface area (Å²) in [6.07, 6.45) is 1.92. The van der Waals surface area contributed by atoms with Gasteiger partial charge in [0.2, 0.25) is 0 Å². The number of amidine groups is 1.